The molecule has 1 amide bonds. The van der Waals surface area contributed by atoms with Crippen LogP contribution in [0.1, 0.15) is 10.4 Å². The van der Waals surface area contributed by atoms with Gasteiger partial charge in [-0.15, -0.1) is 0 Å². The van der Waals surface area contributed by atoms with E-state index in [0.717, 1.165) is 5.69 Å². The molecule has 0 aromatic heterocycles. The zero-order valence-electron chi connectivity index (χ0n) is 17.1. The lowest BCUT2D eigenvalue weighted by atomic mass is 10.2. The van der Waals surface area contributed by atoms with E-state index in [4.69, 9.17) is 14.2 Å². The minimum atomic E-state index is -0.692. The van der Waals surface area contributed by atoms with E-state index in [-0.39, 0.29) is 11.3 Å². The quantitative estimate of drug-likeness (QED) is 0.413. The van der Waals surface area contributed by atoms with Crippen molar-refractivity contribution in [2.24, 2.45) is 10.2 Å². The highest BCUT2D eigenvalue weighted by Gasteiger charge is 2.18. The SMILES string of the molecule is COc1cccc(C(=O)OCC(=O)Nc2ccc(N=Nc3ccccc3)cc2)c1OC. The van der Waals surface area contributed by atoms with Crippen molar-refractivity contribution in [2.75, 3.05) is 26.1 Å². The summed E-state index contributed by atoms with van der Waals surface area (Å²) in [6, 6.07) is 21.0. The highest BCUT2D eigenvalue weighted by molar-refractivity contribution is 5.97. The van der Waals surface area contributed by atoms with Crippen molar-refractivity contribution in [1.29, 1.82) is 0 Å². The van der Waals surface area contributed by atoms with Crippen molar-refractivity contribution in [1.82, 2.24) is 0 Å². The van der Waals surface area contributed by atoms with Gasteiger partial charge in [0, 0.05) is 5.69 Å². The number of hydrogen-bond donors (Lipinski definition) is 1. The van der Waals surface area contributed by atoms with Crippen LogP contribution in [0.3, 0.4) is 0 Å². The molecule has 0 radical (unpaired) electrons. The standard InChI is InChI=1S/C23H21N3O5/c1-29-20-10-6-9-19(22(20)30-2)23(28)31-15-21(27)24-16-11-13-18(14-12-16)26-25-17-7-4-3-5-8-17/h3-14H,15H2,1-2H3,(H,24,27). The number of nitrogens with one attached hydrogen (secondary N) is 1. The van der Waals surface area contributed by atoms with Crippen LogP contribution >= 0.6 is 0 Å². The van der Waals surface area contributed by atoms with Gasteiger partial charge >= 0.3 is 5.97 Å². The third-order valence-corrected chi connectivity index (χ3v) is 4.15. The van der Waals surface area contributed by atoms with E-state index in [1.54, 1.807) is 36.4 Å². The maximum Gasteiger partial charge on any atom is 0.342 e. The second-order valence-corrected chi connectivity index (χ2v) is 6.25. The molecule has 8 nitrogen and oxygen atoms in total. The Balaban J connectivity index is 1.54. The maximum absolute atomic E-state index is 12.3. The third kappa shape index (κ3) is 5.89. The van der Waals surface area contributed by atoms with Gasteiger partial charge in [-0.1, -0.05) is 24.3 Å². The fourth-order valence-corrected chi connectivity index (χ4v) is 2.68. The predicted molar refractivity (Wildman–Crippen MR) is 116 cm³/mol. The second-order valence-electron chi connectivity index (χ2n) is 6.25. The fourth-order valence-electron chi connectivity index (χ4n) is 2.68. The van der Waals surface area contributed by atoms with Crippen LogP contribution in [0.25, 0.3) is 0 Å². The van der Waals surface area contributed by atoms with Gasteiger partial charge in [0.05, 0.1) is 25.6 Å². The molecule has 0 saturated carbocycles. The van der Waals surface area contributed by atoms with E-state index in [0.29, 0.717) is 17.1 Å². The minimum absolute atomic E-state index is 0.169. The Kier molecular flexibility index (Phi) is 7.31. The Morgan fingerprint density at radius 2 is 1.48 bits per heavy atom. The maximum atomic E-state index is 12.3. The lowest BCUT2D eigenvalue weighted by Crippen LogP contribution is -2.21. The molecule has 0 bridgehead atoms. The van der Waals surface area contributed by atoms with Crippen LogP contribution in [0.4, 0.5) is 17.1 Å². The molecule has 0 aliphatic rings. The Morgan fingerprint density at radius 3 is 2.13 bits per heavy atom. The predicted octanol–water partition coefficient (Wildman–Crippen LogP) is 4.91. The Hall–Kier alpha value is -4.20. The molecule has 0 atom stereocenters. The number of benzene rings is 3. The number of ether oxygens (including phenoxy) is 3. The van der Waals surface area contributed by atoms with Crippen molar-refractivity contribution in [3.63, 3.8) is 0 Å². The Bertz CT molecular complexity index is 1070. The molecule has 0 aliphatic carbocycles. The molecule has 158 valence electrons. The Labute approximate surface area is 179 Å². The van der Waals surface area contributed by atoms with Crippen LogP contribution in [-0.2, 0) is 9.53 Å². The summed E-state index contributed by atoms with van der Waals surface area (Å²) in [5, 5.41) is 10.9. The number of para-hydroxylation sites is 1. The molecule has 0 saturated heterocycles. The number of amides is 1. The molecule has 31 heavy (non-hydrogen) atoms. The smallest absolute Gasteiger partial charge is 0.342 e. The highest BCUT2D eigenvalue weighted by Crippen LogP contribution is 2.31. The van der Waals surface area contributed by atoms with E-state index < -0.39 is 18.5 Å². The molecular weight excluding hydrogens is 398 g/mol. The van der Waals surface area contributed by atoms with Crippen molar-refractivity contribution in [3.8, 4) is 11.5 Å². The number of anilines is 1. The van der Waals surface area contributed by atoms with Crippen molar-refractivity contribution >= 4 is 28.9 Å². The van der Waals surface area contributed by atoms with Gasteiger partial charge in [-0.2, -0.15) is 10.2 Å². The van der Waals surface area contributed by atoms with Crippen LogP contribution in [0.2, 0.25) is 0 Å². The molecule has 0 fully saturated rings. The van der Waals surface area contributed by atoms with Gasteiger partial charge in [0.25, 0.3) is 5.91 Å². The first-order valence-corrected chi connectivity index (χ1v) is 9.35. The van der Waals surface area contributed by atoms with Crippen molar-refractivity contribution in [3.05, 3.63) is 78.4 Å². The molecule has 3 aromatic carbocycles. The summed E-state index contributed by atoms with van der Waals surface area (Å²) in [6.45, 7) is -0.450. The van der Waals surface area contributed by atoms with E-state index in [2.05, 4.69) is 15.5 Å². The average molecular weight is 419 g/mol. The number of azo groups is 1. The van der Waals surface area contributed by atoms with Gasteiger partial charge in [0.15, 0.2) is 18.1 Å². The Morgan fingerprint density at radius 1 is 0.806 bits per heavy atom. The molecule has 0 aliphatic heterocycles. The zero-order chi connectivity index (χ0) is 22.1. The fraction of sp³-hybridized carbons (Fsp3) is 0.130. The number of carbonyl (C=O) groups excluding carboxylic acids is 2. The normalized spacial score (nSPS) is 10.5. The number of hydrogen-bond acceptors (Lipinski definition) is 7. The van der Waals surface area contributed by atoms with Gasteiger partial charge in [-0.05, 0) is 48.5 Å². The van der Waals surface area contributed by atoms with Gasteiger partial charge in [-0.25, -0.2) is 4.79 Å². The molecular formula is C23H21N3O5. The van der Waals surface area contributed by atoms with Gasteiger partial charge in [0.1, 0.15) is 5.56 Å². The molecule has 3 rings (SSSR count). The monoisotopic (exact) mass is 419 g/mol. The number of rotatable bonds is 8. The van der Waals surface area contributed by atoms with Crippen LogP contribution in [0, 0.1) is 0 Å². The summed E-state index contributed by atoms with van der Waals surface area (Å²) in [5.41, 5.74) is 2.09. The summed E-state index contributed by atoms with van der Waals surface area (Å²) < 4.78 is 15.5. The molecule has 0 spiro atoms. The highest BCUT2D eigenvalue weighted by atomic mass is 16.5. The zero-order valence-corrected chi connectivity index (χ0v) is 17.1. The van der Waals surface area contributed by atoms with Crippen LogP contribution in [0.15, 0.2) is 83.0 Å². The summed E-state index contributed by atoms with van der Waals surface area (Å²) in [7, 11) is 2.89. The summed E-state index contributed by atoms with van der Waals surface area (Å²) in [5.74, 6) is -0.530. The first-order valence-electron chi connectivity index (χ1n) is 9.35. The van der Waals surface area contributed by atoms with Crippen LogP contribution < -0.4 is 14.8 Å². The second kappa shape index (κ2) is 10.5. The topological polar surface area (TPSA) is 98.6 Å². The molecule has 8 heteroatoms. The average Bonchev–Trinajstić information content (AvgIpc) is 2.82. The summed E-state index contributed by atoms with van der Waals surface area (Å²) >= 11 is 0. The summed E-state index contributed by atoms with van der Waals surface area (Å²) in [4.78, 5) is 24.5. The van der Waals surface area contributed by atoms with Crippen molar-refractivity contribution < 1.29 is 23.8 Å². The van der Waals surface area contributed by atoms with Gasteiger partial charge in [-0.3, -0.25) is 4.79 Å². The summed E-state index contributed by atoms with van der Waals surface area (Å²) in [6.07, 6.45) is 0. The third-order valence-electron chi connectivity index (χ3n) is 4.15. The lowest BCUT2D eigenvalue weighted by Gasteiger charge is -2.12. The van der Waals surface area contributed by atoms with Crippen molar-refractivity contribution in [2.45, 2.75) is 0 Å². The first-order chi connectivity index (χ1) is 15.1. The van der Waals surface area contributed by atoms with Crippen LogP contribution in [-0.4, -0.2) is 32.7 Å². The molecule has 0 unspecified atom stereocenters. The van der Waals surface area contributed by atoms with E-state index in [1.165, 1.54) is 20.3 Å². The van der Waals surface area contributed by atoms with Crippen LogP contribution in [0.5, 0.6) is 11.5 Å². The number of carbonyl (C=O) groups is 2. The van der Waals surface area contributed by atoms with E-state index in [1.807, 2.05) is 30.3 Å². The molecule has 3 aromatic rings. The van der Waals surface area contributed by atoms with E-state index >= 15 is 0 Å². The number of nitrogens with zero attached hydrogens (tertiary/aromatic N) is 2. The largest absolute Gasteiger partial charge is 0.493 e. The first kappa shape index (κ1) is 21.5. The molecule has 1 N–H and O–H groups in total. The minimum Gasteiger partial charge on any atom is -0.493 e. The van der Waals surface area contributed by atoms with Gasteiger partial charge in [0.2, 0.25) is 0 Å². The lowest BCUT2D eigenvalue weighted by molar-refractivity contribution is -0.119. The number of methoxy groups -OCH3 is 2. The number of esters is 1. The van der Waals surface area contributed by atoms with Gasteiger partial charge < -0.3 is 19.5 Å². The molecule has 0 heterocycles. The van der Waals surface area contributed by atoms with E-state index in [9.17, 15) is 9.59 Å².